The van der Waals surface area contributed by atoms with Crippen LogP contribution in [0.4, 0.5) is 0 Å². The molecule has 0 fully saturated rings. The van der Waals surface area contributed by atoms with Crippen molar-refractivity contribution < 1.29 is 14.2 Å². The highest BCUT2D eigenvalue weighted by Gasteiger charge is 2.20. The van der Waals surface area contributed by atoms with Gasteiger partial charge in [-0.15, -0.1) is 0 Å². The van der Waals surface area contributed by atoms with E-state index in [-0.39, 0.29) is 12.5 Å². The van der Waals surface area contributed by atoms with E-state index in [9.17, 15) is 0 Å². The summed E-state index contributed by atoms with van der Waals surface area (Å²) in [6, 6.07) is 8.36. The van der Waals surface area contributed by atoms with Crippen LogP contribution in [0.1, 0.15) is 181 Å². The minimum absolute atomic E-state index is 0.0550. The van der Waals surface area contributed by atoms with Crippen LogP contribution in [0.15, 0.2) is 24.3 Å². The summed E-state index contributed by atoms with van der Waals surface area (Å²) >= 11 is 0. The van der Waals surface area contributed by atoms with Crippen molar-refractivity contribution in [3.05, 3.63) is 24.3 Å². The maximum Gasteiger partial charge on any atom is 0.152 e. The Morgan fingerprint density at radius 2 is 0.851 bits per heavy atom. The molecule has 2 rings (SSSR count). The van der Waals surface area contributed by atoms with Crippen molar-refractivity contribution in [1.82, 2.24) is 9.80 Å². The number of fused-ring (bicyclic) bond motifs is 2. The molecule has 274 valence electrons. The standard InChI is InChI=1S/C42H78N2O3/c1-5-7-9-11-13-15-17-19-21-23-25-34-43(3)41-32-28-36-45-37-29-33-42(47-40-31-27-30-39(38-40)46-41)44(4)35-26-24-22-20-18-16-14-12-10-8-6-2/h27,30-31,38,41-42H,5-26,28-29,32-37H2,1-4H3. The summed E-state index contributed by atoms with van der Waals surface area (Å²) in [5.74, 6) is 1.81. The van der Waals surface area contributed by atoms with Gasteiger partial charge in [-0.1, -0.05) is 148 Å². The minimum atomic E-state index is 0.0550. The highest BCUT2D eigenvalue weighted by atomic mass is 16.5. The molecule has 0 amide bonds. The Bertz CT molecular complexity index is 760. The number of hydrogen-bond donors (Lipinski definition) is 0. The average molecular weight is 659 g/mol. The second-order valence-electron chi connectivity index (χ2n) is 14.5. The Labute approximate surface area is 292 Å². The number of unbranched alkanes of at least 4 members (excludes halogenated alkanes) is 20. The van der Waals surface area contributed by atoms with Gasteiger partial charge in [0, 0.05) is 45.2 Å². The molecular weight excluding hydrogens is 580 g/mol. The van der Waals surface area contributed by atoms with Crippen molar-refractivity contribution in [3.8, 4) is 11.5 Å². The van der Waals surface area contributed by atoms with Crippen LogP contribution in [0, 0.1) is 0 Å². The maximum atomic E-state index is 6.63. The highest BCUT2D eigenvalue weighted by molar-refractivity contribution is 5.33. The molecule has 1 heterocycles. The van der Waals surface area contributed by atoms with Gasteiger partial charge >= 0.3 is 0 Å². The van der Waals surface area contributed by atoms with Crippen LogP contribution >= 0.6 is 0 Å². The van der Waals surface area contributed by atoms with Crippen LogP contribution in [0.2, 0.25) is 0 Å². The molecule has 1 aliphatic rings. The van der Waals surface area contributed by atoms with Gasteiger partial charge in [-0.05, 0) is 51.9 Å². The van der Waals surface area contributed by atoms with E-state index in [1.165, 1.54) is 141 Å². The molecule has 2 bridgehead atoms. The maximum absolute atomic E-state index is 6.63. The normalized spacial score (nSPS) is 17.8. The molecule has 5 nitrogen and oxygen atoms in total. The summed E-state index contributed by atoms with van der Waals surface area (Å²) in [5, 5.41) is 0. The molecule has 2 atom stereocenters. The number of benzene rings is 1. The predicted octanol–water partition coefficient (Wildman–Crippen LogP) is 12.2. The summed E-state index contributed by atoms with van der Waals surface area (Å²) in [4.78, 5) is 4.83. The zero-order chi connectivity index (χ0) is 33.6. The lowest BCUT2D eigenvalue weighted by Gasteiger charge is -2.31. The second-order valence-corrected chi connectivity index (χ2v) is 14.5. The summed E-state index contributed by atoms with van der Waals surface area (Å²) in [6.45, 7) is 8.33. The Morgan fingerprint density at radius 1 is 0.511 bits per heavy atom. The first-order valence-electron chi connectivity index (χ1n) is 20.6. The largest absolute Gasteiger partial charge is 0.475 e. The molecule has 0 N–H and O–H groups in total. The molecule has 5 heteroatoms. The lowest BCUT2D eigenvalue weighted by molar-refractivity contribution is 0.0128. The molecule has 0 aliphatic carbocycles. The third-order valence-electron chi connectivity index (χ3n) is 10.0. The van der Waals surface area contributed by atoms with Crippen LogP contribution < -0.4 is 9.47 Å². The van der Waals surface area contributed by atoms with Crippen LogP contribution in [0.25, 0.3) is 0 Å². The summed E-state index contributed by atoms with van der Waals surface area (Å²) in [7, 11) is 4.45. The number of rotatable bonds is 26. The smallest absolute Gasteiger partial charge is 0.152 e. The topological polar surface area (TPSA) is 34.2 Å². The lowest BCUT2D eigenvalue weighted by Crippen LogP contribution is -2.38. The molecule has 1 aliphatic heterocycles. The van der Waals surface area contributed by atoms with E-state index in [1.807, 2.05) is 0 Å². The van der Waals surface area contributed by atoms with Gasteiger partial charge in [-0.25, -0.2) is 0 Å². The SMILES string of the molecule is CCCCCCCCCCCCCN(C)C1CCCOCCCC(N(C)CCCCCCCCCCCCC)Oc2cccc(c2)O1. The van der Waals surface area contributed by atoms with Crippen LogP contribution in [0.5, 0.6) is 11.5 Å². The van der Waals surface area contributed by atoms with Crippen LogP contribution in [0.3, 0.4) is 0 Å². The van der Waals surface area contributed by atoms with E-state index in [0.717, 1.165) is 63.5 Å². The Morgan fingerprint density at radius 3 is 1.21 bits per heavy atom. The van der Waals surface area contributed by atoms with Gasteiger partial charge in [0.1, 0.15) is 11.5 Å². The van der Waals surface area contributed by atoms with Crippen LogP contribution in [-0.4, -0.2) is 62.7 Å². The van der Waals surface area contributed by atoms with Crippen molar-refractivity contribution in [1.29, 1.82) is 0 Å². The van der Waals surface area contributed by atoms with Gasteiger partial charge in [-0.3, -0.25) is 9.80 Å². The quantitative estimate of drug-likeness (QED) is 0.0925. The van der Waals surface area contributed by atoms with E-state index in [2.05, 4.69) is 62.0 Å². The molecule has 1 aromatic rings. The molecule has 47 heavy (non-hydrogen) atoms. The number of ether oxygens (including phenoxy) is 3. The summed E-state index contributed by atoms with van der Waals surface area (Å²) in [5.41, 5.74) is 0. The zero-order valence-electron chi connectivity index (χ0n) is 31.8. The molecule has 0 spiro atoms. The van der Waals surface area contributed by atoms with E-state index >= 15 is 0 Å². The monoisotopic (exact) mass is 659 g/mol. The number of hydrogen-bond acceptors (Lipinski definition) is 5. The summed E-state index contributed by atoms with van der Waals surface area (Å²) < 4.78 is 19.3. The van der Waals surface area contributed by atoms with E-state index in [4.69, 9.17) is 14.2 Å². The van der Waals surface area contributed by atoms with E-state index < -0.39 is 0 Å². The first-order chi connectivity index (χ1) is 23.1. The second kappa shape index (κ2) is 29.6. The van der Waals surface area contributed by atoms with E-state index in [1.54, 1.807) is 0 Å². The van der Waals surface area contributed by atoms with Crippen molar-refractivity contribution >= 4 is 0 Å². The first kappa shape index (κ1) is 41.9. The summed E-state index contributed by atoms with van der Waals surface area (Å²) in [6.07, 6.45) is 34.4. The predicted molar refractivity (Wildman–Crippen MR) is 203 cm³/mol. The van der Waals surface area contributed by atoms with Gasteiger partial charge in [0.15, 0.2) is 12.5 Å². The first-order valence-corrected chi connectivity index (χ1v) is 20.6. The highest BCUT2D eigenvalue weighted by Crippen LogP contribution is 2.25. The van der Waals surface area contributed by atoms with Gasteiger partial charge in [0.2, 0.25) is 0 Å². The molecule has 0 aromatic heterocycles. The third-order valence-corrected chi connectivity index (χ3v) is 10.0. The van der Waals surface area contributed by atoms with Crippen molar-refractivity contribution in [2.45, 2.75) is 193 Å². The van der Waals surface area contributed by atoms with Gasteiger partial charge in [-0.2, -0.15) is 0 Å². The zero-order valence-corrected chi connectivity index (χ0v) is 31.8. The van der Waals surface area contributed by atoms with E-state index in [0.29, 0.717) is 0 Å². The molecule has 1 aromatic carbocycles. The Kier molecular flexibility index (Phi) is 26.4. The van der Waals surface area contributed by atoms with Gasteiger partial charge < -0.3 is 14.2 Å². The Hall–Kier alpha value is -1.30. The molecule has 0 radical (unpaired) electrons. The van der Waals surface area contributed by atoms with Crippen molar-refractivity contribution in [2.24, 2.45) is 0 Å². The number of nitrogens with zero attached hydrogens (tertiary/aromatic N) is 2. The lowest BCUT2D eigenvalue weighted by atomic mass is 10.1. The fraction of sp³-hybridized carbons (Fsp3) is 0.857. The fourth-order valence-electron chi connectivity index (χ4n) is 6.83. The minimum Gasteiger partial charge on any atom is -0.475 e. The Balaban J connectivity index is 1.75. The fourth-order valence-corrected chi connectivity index (χ4v) is 6.83. The molecule has 0 saturated carbocycles. The van der Waals surface area contributed by atoms with Crippen molar-refractivity contribution in [2.75, 3.05) is 40.4 Å². The third kappa shape index (κ3) is 22.1. The molecule has 2 unspecified atom stereocenters. The van der Waals surface area contributed by atoms with Crippen molar-refractivity contribution in [3.63, 3.8) is 0 Å². The van der Waals surface area contributed by atoms with Gasteiger partial charge in [0.25, 0.3) is 0 Å². The van der Waals surface area contributed by atoms with Gasteiger partial charge in [0.05, 0.1) is 0 Å². The molecular formula is C42H78N2O3. The van der Waals surface area contributed by atoms with Crippen LogP contribution in [-0.2, 0) is 4.74 Å². The average Bonchev–Trinajstić information content (AvgIpc) is 3.07. The molecule has 0 saturated heterocycles.